The molecule has 0 aliphatic carbocycles. The van der Waals surface area contributed by atoms with Crippen molar-refractivity contribution < 1.29 is 0 Å². The average Bonchev–Trinajstić information content (AvgIpc) is 2.85. The number of nitrogens with one attached hydrogen (secondary N) is 1. The van der Waals surface area contributed by atoms with Crippen LogP contribution in [0, 0.1) is 0 Å². The van der Waals surface area contributed by atoms with Crippen molar-refractivity contribution in [1.29, 1.82) is 0 Å². The van der Waals surface area contributed by atoms with E-state index in [4.69, 9.17) is 11.6 Å². The molecule has 1 aromatic carbocycles. The number of hydrogen-bond donors (Lipinski definition) is 1. The molecule has 1 nitrogen and oxygen atoms in total. The van der Waals surface area contributed by atoms with E-state index < -0.39 is 0 Å². The van der Waals surface area contributed by atoms with Gasteiger partial charge in [0, 0.05) is 15.8 Å². The smallest absolute Gasteiger partial charge is 0.0406 e. The molecule has 0 spiro atoms. The minimum absolute atomic E-state index is 0.472. The van der Waals surface area contributed by atoms with Gasteiger partial charge in [-0.2, -0.15) is 0 Å². The largest absolute Gasteiger partial charge is 0.320 e. The Balaban J connectivity index is 2.23. The van der Waals surface area contributed by atoms with E-state index in [1.807, 2.05) is 30.5 Å². The van der Waals surface area contributed by atoms with Gasteiger partial charge in [-0.15, -0.1) is 11.3 Å². The summed E-state index contributed by atoms with van der Waals surface area (Å²) >= 11 is 7.76. The Morgan fingerprint density at radius 3 is 2.59 bits per heavy atom. The second kappa shape index (κ2) is 6.20. The number of benzene rings is 1. The summed E-state index contributed by atoms with van der Waals surface area (Å²) in [5, 5.41) is 6.15. The van der Waals surface area contributed by atoms with Gasteiger partial charge >= 0.3 is 0 Å². The molecule has 1 heterocycles. The molecule has 0 aliphatic rings. The van der Waals surface area contributed by atoms with Crippen molar-refractivity contribution in [2.24, 2.45) is 0 Å². The summed E-state index contributed by atoms with van der Waals surface area (Å²) in [4.78, 5) is 1.42. The molecule has 2 rings (SSSR count). The first-order valence-corrected chi connectivity index (χ1v) is 7.00. The summed E-state index contributed by atoms with van der Waals surface area (Å²) in [7, 11) is 1.99. The van der Waals surface area contributed by atoms with Gasteiger partial charge < -0.3 is 5.32 Å². The summed E-state index contributed by atoms with van der Waals surface area (Å²) in [6.45, 7) is 1.02. The molecule has 3 heteroatoms. The van der Waals surface area contributed by atoms with Crippen LogP contribution in [0.15, 0.2) is 41.8 Å². The Morgan fingerprint density at radius 2 is 2.00 bits per heavy atom. The zero-order valence-electron chi connectivity index (χ0n) is 9.82. The lowest BCUT2D eigenvalue weighted by Crippen LogP contribution is -2.12. The summed E-state index contributed by atoms with van der Waals surface area (Å²) in [6, 6.07) is 12.5. The topological polar surface area (TPSA) is 12.0 Å². The fourth-order valence-electron chi connectivity index (χ4n) is 1.95. The molecule has 0 saturated heterocycles. The molecule has 0 aliphatic heterocycles. The van der Waals surface area contributed by atoms with Gasteiger partial charge in [0.1, 0.15) is 0 Å². The highest BCUT2D eigenvalue weighted by Gasteiger charge is 2.14. The molecule has 1 atom stereocenters. The maximum absolute atomic E-state index is 5.94. The van der Waals surface area contributed by atoms with E-state index in [9.17, 15) is 0 Å². The minimum atomic E-state index is 0.472. The van der Waals surface area contributed by atoms with Gasteiger partial charge in [0.25, 0.3) is 0 Å². The Labute approximate surface area is 111 Å². The average molecular weight is 266 g/mol. The van der Waals surface area contributed by atoms with Crippen LogP contribution in [-0.4, -0.2) is 13.6 Å². The summed E-state index contributed by atoms with van der Waals surface area (Å²) in [5.41, 5.74) is 1.34. The fourth-order valence-corrected chi connectivity index (χ4v) is 2.96. The molecule has 0 radical (unpaired) electrons. The molecule has 0 amide bonds. The van der Waals surface area contributed by atoms with Crippen molar-refractivity contribution in [1.82, 2.24) is 5.32 Å². The number of hydrogen-bond acceptors (Lipinski definition) is 2. The monoisotopic (exact) mass is 265 g/mol. The van der Waals surface area contributed by atoms with E-state index in [0.29, 0.717) is 5.92 Å². The molecule has 2 aromatic rings. The van der Waals surface area contributed by atoms with Crippen LogP contribution in [0.3, 0.4) is 0 Å². The normalized spacial score (nSPS) is 12.6. The minimum Gasteiger partial charge on any atom is -0.320 e. The van der Waals surface area contributed by atoms with E-state index in [0.717, 1.165) is 18.0 Å². The van der Waals surface area contributed by atoms with Crippen LogP contribution < -0.4 is 5.32 Å². The van der Waals surface area contributed by atoms with Gasteiger partial charge in [0.05, 0.1) is 0 Å². The molecule has 0 fully saturated rings. The summed E-state index contributed by atoms with van der Waals surface area (Å²) in [6.07, 6.45) is 1.11. The lowest BCUT2D eigenvalue weighted by atomic mass is 9.94. The van der Waals surface area contributed by atoms with E-state index in [1.165, 1.54) is 10.4 Å². The van der Waals surface area contributed by atoms with Crippen LogP contribution in [0.5, 0.6) is 0 Å². The van der Waals surface area contributed by atoms with Crippen LogP contribution in [0.4, 0.5) is 0 Å². The van der Waals surface area contributed by atoms with Crippen LogP contribution in [0.1, 0.15) is 22.8 Å². The highest BCUT2D eigenvalue weighted by molar-refractivity contribution is 7.10. The van der Waals surface area contributed by atoms with Crippen molar-refractivity contribution in [3.05, 3.63) is 57.2 Å². The molecule has 0 saturated carbocycles. The lowest BCUT2D eigenvalue weighted by Gasteiger charge is -2.16. The Morgan fingerprint density at radius 1 is 1.24 bits per heavy atom. The Kier molecular flexibility index (Phi) is 4.60. The summed E-state index contributed by atoms with van der Waals surface area (Å²) < 4.78 is 0. The molecule has 90 valence electrons. The van der Waals surface area contributed by atoms with E-state index in [-0.39, 0.29) is 0 Å². The molecule has 1 unspecified atom stereocenters. The fraction of sp³-hybridized carbons (Fsp3) is 0.286. The molecule has 17 heavy (non-hydrogen) atoms. The quantitative estimate of drug-likeness (QED) is 0.857. The Bertz CT molecular complexity index is 436. The highest BCUT2D eigenvalue weighted by atomic mass is 35.5. The molecular formula is C14H16ClNS. The van der Waals surface area contributed by atoms with Gasteiger partial charge in [-0.25, -0.2) is 0 Å². The first-order valence-electron chi connectivity index (χ1n) is 5.74. The number of thiophene rings is 1. The van der Waals surface area contributed by atoms with Gasteiger partial charge in [-0.1, -0.05) is 29.8 Å². The SMILES string of the molecule is CNCCC(c1ccc(Cl)cc1)c1cccs1. The molecule has 1 N–H and O–H groups in total. The van der Waals surface area contributed by atoms with E-state index in [1.54, 1.807) is 0 Å². The number of rotatable bonds is 5. The predicted octanol–water partition coefficient (Wildman–Crippen LogP) is 4.14. The first-order chi connectivity index (χ1) is 8.31. The van der Waals surface area contributed by atoms with Gasteiger partial charge in [-0.3, -0.25) is 0 Å². The third-order valence-corrected chi connectivity index (χ3v) is 4.08. The molecule has 0 bridgehead atoms. The van der Waals surface area contributed by atoms with Gasteiger partial charge in [-0.05, 0) is 49.2 Å². The maximum Gasteiger partial charge on any atom is 0.0406 e. The zero-order valence-corrected chi connectivity index (χ0v) is 11.4. The second-order valence-electron chi connectivity index (χ2n) is 4.01. The van der Waals surface area contributed by atoms with E-state index in [2.05, 4.69) is 35.0 Å². The van der Waals surface area contributed by atoms with Crippen molar-refractivity contribution in [3.8, 4) is 0 Å². The van der Waals surface area contributed by atoms with Crippen molar-refractivity contribution in [3.63, 3.8) is 0 Å². The Hall–Kier alpha value is -0.830. The van der Waals surface area contributed by atoms with Crippen molar-refractivity contribution >= 4 is 22.9 Å². The van der Waals surface area contributed by atoms with Crippen molar-refractivity contribution in [2.45, 2.75) is 12.3 Å². The number of halogens is 1. The van der Waals surface area contributed by atoms with Crippen LogP contribution in [-0.2, 0) is 0 Å². The first kappa shape index (κ1) is 12.6. The van der Waals surface area contributed by atoms with Crippen LogP contribution >= 0.6 is 22.9 Å². The predicted molar refractivity (Wildman–Crippen MR) is 76.2 cm³/mol. The second-order valence-corrected chi connectivity index (χ2v) is 5.43. The molecule has 1 aromatic heterocycles. The van der Waals surface area contributed by atoms with Crippen LogP contribution in [0.25, 0.3) is 0 Å². The van der Waals surface area contributed by atoms with Gasteiger partial charge in [0.15, 0.2) is 0 Å². The standard InChI is InChI=1S/C14H16ClNS/c1-16-9-8-13(14-3-2-10-17-14)11-4-6-12(15)7-5-11/h2-7,10,13,16H,8-9H2,1H3. The van der Waals surface area contributed by atoms with Crippen molar-refractivity contribution in [2.75, 3.05) is 13.6 Å². The zero-order chi connectivity index (χ0) is 12.1. The van der Waals surface area contributed by atoms with E-state index >= 15 is 0 Å². The third-order valence-electron chi connectivity index (χ3n) is 2.84. The summed E-state index contributed by atoms with van der Waals surface area (Å²) in [5.74, 6) is 0.472. The maximum atomic E-state index is 5.94. The molecular weight excluding hydrogens is 250 g/mol. The van der Waals surface area contributed by atoms with Gasteiger partial charge in [0.2, 0.25) is 0 Å². The third kappa shape index (κ3) is 3.32. The lowest BCUT2D eigenvalue weighted by molar-refractivity contribution is 0.668. The highest BCUT2D eigenvalue weighted by Crippen LogP contribution is 2.31. The van der Waals surface area contributed by atoms with Crippen LogP contribution in [0.2, 0.25) is 5.02 Å².